The summed E-state index contributed by atoms with van der Waals surface area (Å²) in [6.07, 6.45) is -11.4. The first-order valence-corrected chi connectivity index (χ1v) is 14.0. The maximum atomic E-state index is 12.0. The van der Waals surface area contributed by atoms with Gasteiger partial charge in [-0.1, -0.05) is 0 Å². The Morgan fingerprint density at radius 3 is 2.27 bits per heavy atom. The van der Waals surface area contributed by atoms with Crippen LogP contribution in [0, 0.1) is 0 Å². The second-order valence-electron chi connectivity index (χ2n) is 11.2. The van der Waals surface area contributed by atoms with E-state index in [1.165, 1.54) is 0 Å². The summed E-state index contributed by atoms with van der Waals surface area (Å²) in [5.74, 6) is -0.332. The van der Waals surface area contributed by atoms with Crippen LogP contribution in [-0.2, 0) is 28.5 Å². The minimum absolute atomic E-state index is 0.0412. The van der Waals surface area contributed by atoms with Crippen molar-refractivity contribution in [3.8, 4) is 0 Å². The van der Waals surface area contributed by atoms with E-state index in [9.17, 15) is 30.3 Å². The Bertz CT molecular complexity index is 863. The van der Waals surface area contributed by atoms with Crippen LogP contribution in [0.15, 0.2) is 0 Å². The molecule has 0 radical (unpaired) electrons. The van der Waals surface area contributed by atoms with Gasteiger partial charge in [-0.25, -0.2) is 0 Å². The molecule has 4 rings (SSSR count). The predicted molar refractivity (Wildman–Crippen MR) is 139 cm³/mol. The second kappa shape index (κ2) is 14.1. The highest BCUT2D eigenvalue weighted by molar-refractivity contribution is 5.76. The second-order valence-corrected chi connectivity index (χ2v) is 11.2. The van der Waals surface area contributed by atoms with Crippen molar-refractivity contribution in [2.45, 2.75) is 124 Å². The number of rotatable bonds is 9. The number of aliphatic hydroxyl groups is 5. The Labute approximate surface area is 237 Å². The maximum Gasteiger partial charge on any atom is 0.221 e. The quantitative estimate of drug-likeness (QED) is 0.118. The Morgan fingerprint density at radius 2 is 1.61 bits per heavy atom. The molecule has 1 aliphatic carbocycles. The van der Waals surface area contributed by atoms with Crippen LogP contribution >= 0.6 is 0 Å². The summed E-state index contributed by atoms with van der Waals surface area (Å²) in [5.41, 5.74) is 23.7. The summed E-state index contributed by atoms with van der Waals surface area (Å²) in [6.45, 7) is -0.290. The van der Waals surface area contributed by atoms with Gasteiger partial charge in [0.25, 0.3) is 0 Å². The van der Waals surface area contributed by atoms with Crippen LogP contribution in [0.3, 0.4) is 0 Å². The van der Waals surface area contributed by atoms with E-state index in [4.69, 9.17) is 46.6 Å². The van der Waals surface area contributed by atoms with Gasteiger partial charge in [0.2, 0.25) is 5.91 Å². The molecule has 3 aliphatic heterocycles. The number of fused-ring (bicyclic) bond motifs is 1. The molecule has 0 aromatic rings. The molecule has 0 bridgehead atoms. The number of nitrogens with two attached hydrogens (primary N) is 4. The first kappa shape index (κ1) is 32.8. The summed E-state index contributed by atoms with van der Waals surface area (Å²) in [6, 6.07) is -3.64. The first-order chi connectivity index (χ1) is 19.5. The van der Waals surface area contributed by atoms with Crippen LogP contribution in [0.25, 0.3) is 0 Å². The molecule has 0 aromatic carbocycles. The van der Waals surface area contributed by atoms with Crippen LogP contribution in [-0.4, -0.2) is 150 Å². The lowest BCUT2D eigenvalue weighted by Gasteiger charge is -2.51. The van der Waals surface area contributed by atoms with Gasteiger partial charge in [0.15, 0.2) is 18.9 Å². The fourth-order valence-electron chi connectivity index (χ4n) is 5.96. The number of nitrogens with one attached hydrogen (secondary N) is 2. The van der Waals surface area contributed by atoms with Gasteiger partial charge in [-0.05, 0) is 19.9 Å². The number of carbonyl (C=O) groups is 1. The highest BCUT2D eigenvalue weighted by Gasteiger charge is 2.53. The highest BCUT2D eigenvalue weighted by atomic mass is 16.8. The third-order valence-electron chi connectivity index (χ3n) is 8.27. The lowest BCUT2D eigenvalue weighted by Crippen LogP contribution is -2.69. The van der Waals surface area contributed by atoms with E-state index < -0.39 is 105 Å². The van der Waals surface area contributed by atoms with Crippen molar-refractivity contribution in [1.82, 2.24) is 10.6 Å². The maximum absolute atomic E-state index is 12.0. The SMILES string of the molecule is CNC1C(O[C@H]2OC(CO)C(NC(=O)CCN)CC2O)O[C@H]2CC(N)[C@@H](O[C@@H]3C(N)C[C@@H](N)C(O)C3O)OC2C1O. The molecule has 11 unspecified atom stereocenters. The zero-order valence-electron chi connectivity index (χ0n) is 23.0. The molecule has 3 heterocycles. The molecule has 4 fully saturated rings. The smallest absolute Gasteiger partial charge is 0.221 e. The van der Waals surface area contributed by atoms with E-state index in [0.29, 0.717) is 0 Å². The lowest BCUT2D eigenvalue weighted by molar-refractivity contribution is -0.367. The standard InChI is InChI=1S/C24H46N6O11/c1-29-16-18(35)21-13(5-10(28)22(40-21)39-20-9(27)4-8(26)17(34)19(20)36)37-24(16)41-23-12(32)6-11(14(7-31)38-23)30-15(33)2-3-25/h8-14,16-24,29,31-32,34-36H,2-7,25-28H2,1H3,(H,30,33)/t8-,9?,10?,11?,12?,13+,14?,16?,17?,18?,19?,20-,21?,22+,23-,24?/m1/s1. The first-order valence-electron chi connectivity index (χ1n) is 14.0. The van der Waals surface area contributed by atoms with Gasteiger partial charge in [-0.2, -0.15) is 0 Å². The van der Waals surface area contributed by atoms with Gasteiger partial charge in [-0.3, -0.25) is 4.79 Å². The van der Waals surface area contributed by atoms with Crippen molar-refractivity contribution < 1.29 is 54.0 Å². The third kappa shape index (κ3) is 7.17. The Balaban J connectivity index is 1.39. The Morgan fingerprint density at radius 1 is 0.878 bits per heavy atom. The molecule has 17 heteroatoms. The van der Waals surface area contributed by atoms with Gasteiger partial charge in [-0.15, -0.1) is 0 Å². The fraction of sp³-hybridized carbons (Fsp3) is 0.958. The minimum atomic E-state index is -1.35. The Hall–Kier alpha value is -1.13. The highest BCUT2D eigenvalue weighted by Crippen LogP contribution is 2.35. The molecule has 15 N–H and O–H groups in total. The fourth-order valence-corrected chi connectivity index (χ4v) is 5.96. The number of hydrogen-bond acceptors (Lipinski definition) is 16. The minimum Gasteiger partial charge on any atom is -0.394 e. The monoisotopic (exact) mass is 594 g/mol. The van der Waals surface area contributed by atoms with E-state index in [2.05, 4.69) is 10.6 Å². The van der Waals surface area contributed by atoms with Crippen LogP contribution in [0.1, 0.15) is 25.7 Å². The number of aliphatic hydroxyl groups excluding tert-OH is 5. The van der Waals surface area contributed by atoms with Crippen LogP contribution in [0.4, 0.5) is 0 Å². The molecular weight excluding hydrogens is 548 g/mol. The van der Waals surface area contributed by atoms with Gasteiger partial charge in [0.05, 0.1) is 36.9 Å². The molecule has 16 atom stereocenters. The van der Waals surface area contributed by atoms with Crippen molar-refractivity contribution in [3.05, 3.63) is 0 Å². The van der Waals surface area contributed by atoms with Crippen LogP contribution in [0.5, 0.6) is 0 Å². The van der Waals surface area contributed by atoms with Gasteiger partial charge in [0, 0.05) is 31.5 Å². The molecule has 238 valence electrons. The van der Waals surface area contributed by atoms with Gasteiger partial charge >= 0.3 is 0 Å². The molecule has 1 saturated carbocycles. The predicted octanol–water partition coefficient (Wildman–Crippen LogP) is -6.41. The van der Waals surface area contributed by atoms with Crippen LogP contribution in [0.2, 0.25) is 0 Å². The summed E-state index contributed by atoms with van der Waals surface area (Å²) >= 11 is 0. The molecule has 4 aliphatic rings. The topological polar surface area (TPSA) is 293 Å². The number of hydrogen-bond donors (Lipinski definition) is 11. The van der Waals surface area contributed by atoms with Crippen molar-refractivity contribution in [2.24, 2.45) is 22.9 Å². The van der Waals surface area contributed by atoms with E-state index in [-0.39, 0.29) is 38.1 Å². The number of carbonyl (C=O) groups excluding carboxylic acids is 1. The molecule has 17 nitrogen and oxygen atoms in total. The largest absolute Gasteiger partial charge is 0.394 e. The average Bonchev–Trinajstić information content (AvgIpc) is 2.92. The molecular formula is C24H46N6O11. The molecule has 41 heavy (non-hydrogen) atoms. The van der Waals surface area contributed by atoms with E-state index in [1.807, 2.05) is 0 Å². The zero-order chi connectivity index (χ0) is 30.0. The zero-order valence-corrected chi connectivity index (χ0v) is 23.0. The summed E-state index contributed by atoms with van der Waals surface area (Å²) in [4.78, 5) is 12.0. The van der Waals surface area contributed by atoms with Crippen molar-refractivity contribution in [3.63, 3.8) is 0 Å². The van der Waals surface area contributed by atoms with E-state index in [1.54, 1.807) is 7.05 Å². The summed E-state index contributed by atoms with van der Waals surface area (Å²) in [7, 11) is 1.58. The Kier molecular flexibility index (Phi) is 11.3. The van der Waals surface area contributed by atoms with Crippen LogP contribution < -0.4 is 33.6 Å². The van der Waals surface area contributed by atoms with Crippen molar-refractivity contribution in [2.75, 3.05) is 20.2 Å². The molecule has 0 spiro atoms. The van der Waals surface area contributed by atoms with Crippen molar-refractivity contribution >= 4 is 5.91 Å². The number of likely N-dealkylation sites (N-methyl/N-ethyl adjacent to an activating group) is 1. The molecule has 0 aromatic heterocycles. The van der Waals surface area contributed by atoms with Crippen molar-refractivity contribution in [1.29, 1.82) is 0 Å². The molecule has 1 amide bonds. The van der Waals surface area contributed by atoms with Gasteiger partial charge < -0.3 is 82.8 Å². The lowest BCUT2D eigenvalue weighted by atomic mass is 9.84. The van der Waals surface area contributed by atoms with E-state index in [0.717, 1.165) is 0 Å². The third-order valence-corrected chi connectivity index (χ3v) is 8.27. The number of ether oxygens (including phenoxy) is 5. The average molecular weight is 595 g/mol. The number of amides is 1. The van der Waals surface area contributed by atoms with E-state index >= 15 is 0 Å². The molecule has 3 saturated heterocycles. The summed E-state index contributed by atoms with van der Waals surface area (Å²) in [5, 5.41) is 58.1. The van der Waals surface area contributed by atoms with Gasteiger partial charge in [0.1, 0.15) is 36.6 Å². The summed E-state index contributed by atoms with van der Waals surface area (Å²) < 4.78 is 29.8. The normalized spacial score (nSPS) is 48.8.